The SMILES string of the molecule is CNc1nccc(Oc2ccc(F)c(C(F)(F)F)c2)n1. The van der Waals surface area contributed by atoms with Crippen LogP contribution in [0.25, 0.3) is 0 Å². The highest BCUT2D eigenvalue weighted by Crippen LogP contribution is 2.34. The predicted molar refractivity (Wildman–Crippen MR) is 63.1 cm³/mol. The first-order valence-electron chi connectivity index (χ1n) is 5.45. The van der Waals surface area contributed by atoms with Crippen molar-refractivity contribution in [3.05, 3.63) is 41.8 Å². The molecule has 0 aliphatic carbocycles. The van der Waals surface area contributed by atoms with Crippen molar-refractivity contribution in [2.24, 2.45) is 0 Å². The first-order valence-corrected chi connectivity index (χ1v) is 5.45. The van der Waals surface area contributed by atoms with E-state index in [9.17, 15) is 17.6 Å². The summed E-state index contributed by atoms with van der Waals surface area (Å²) in [4.78, 5) is 7.71. The largest absolute Gasteiger partial charge is 0.439 e. The van der Waals surface area contributed by atoms with Gasteiger partial charge in [-0.15, -0.1) is 0 Å². The van der Waals surface area contributed by atoms with Gasteiger partial charge >= 0.3 is 6.18 Å². The van der Waals surface area contributed by atoms with Gasteiger partial charge in [0.2, 0.25) is 11.8 Å². The second kappa shape index (κ2) is 5.32. The summed E-state index contributed by atoms with van der Waals surface area (Å²) >= 11 is 0. The number of alkyl halides is 3. The van der Waals surface area contributed by atoms with Crippen LogP contribution in [0.5, 0.6) is 11.6 Å². The minimum Gasteiger partial charge on any atom is -0.439 e. The van der Waals surface area contributed by atoms with Crippen molar-refractivity contribution in [3.8, 4) is 11.6 Å². The molecule has 2 aromatic rings. The molecule has 0 radical (unpaired) electrons. The van der Waals surface area contributed by atoms with E-state index in [1.165, 1.54) is 12.3 Å². The van der Waals surface area contributed by atoms with Gasteiger partial charge in [0, 0.05) is 19.3 Å². The van der Waals surface area contributed by atoms with E-state index >= 15 is 0 Å². The van der Waals surface area contributed by atoms with Crippen LogP contribution in [0, 0.1) is 5.82 Å². The van der Waals surface area contributed by atoms with Gasteiger partial charge in [-0.25, -0.2) is 9.37 Å². The summed E-state index contributed by atoms with van der Waals surface area (Å²) in [6.07, 6.45) is -3.41. The normalized spacial score (nSPS) is 11.2. The number of aromatic nitrogens is 2. The number of ether oxygens (including phenoxy) is 1. The first kappa shape index (κ1) is 14.0. The molecule has 8 heteroatoms. The lowest BCUT2D eigenvalue weighted by atomic mass is 10.2. The van der Waals surface area contributed by atoms with Crippen molar-refractivity contribution in [2.45, 2.75) is 6.18 Å². The number of hydrogen-bond acceptors (Lipinski definition) is 4. The minimum absolute atomic E-state index is 0.0454. The van der Waals surface area contributed by atoms with Gasteiger partial charge in [0.1, 0.15) is 11.6 Å². The number of hydrogen-bond donors (Lipinski definition) is 1. The first-order chi connectivity index (χ1) is 9.40. The van der Waals surface area contributed by atoms with Gasteiger partial charge < -0.3 is 10.1 Å². The molecule has 1 aromatic heterocycles. The van der Waals surface area contributed by atoms with Crippen LogP contribution in [0.3, 0.4) is 0 Å². The molecule has 20 heavy (non-hydrogen) atoms. The van der Waals surface area contributed by atoms with Crippen LogP contribution in [0.4, 0.5) is 23.5 Å². The maximum absolute atomic E-state index is 13.1. The van der Waals surface area contributed by atoms with E-state index in [1.807, 2.05) is 0 Å². The Morgan fingerprint density at radius 2 is 1.95 bits per heavy atom. The summed E-state index contributed by atoms with van der Waals surface area (Å²) in [5.74, 6) is -1.23. The Kier molecular flexibility index (Phi) is 3.73. The number of nitrogens with zero attached hydrogens (tertiary/aromatic N) is 2. The molecule has 0 amide bonds. The van der Waals surface area contributed by atoms with Crippen molar-refractivity contribution in [1.82, 2.24) is 9.97 Å². The lowest BCUT2D eigenvalue weighted by Crippen LogP contribution is -2.08. The van der Waals surface area contributed by atoms with Gasteiger partial charge in [-0.3, -0.25) is 0 Å². The third-order valence-corrected chi connectivity index (χ3v) is 2.32. The smallest absolute Gasteiger partial charge is 0.419 e. The Balaban J connectivity index is 2.30. The van der Waals surface area contributed by atoms with Crippen molar-refractivity contribution in [3.63, 3.8) is 0 Å². The Bertz CT molecular complexity index is 616. The zero-order valence-corrected chi connectivity index (χ0v) is 10.2. The van der Waals surface area contributed by atoms with Crippen LogP contribution in [-0.2, 0) is 6.18 Å². The second-order valence-electron chi connectivity index (χ2n) is 3.71. The van der Waals surface area contributed by atoms with E-state index in [0.717, 1.165) is 6.07 Å². The zero-order valence-electron chi connectivity index (χ0n) is 10.2. The fourth-order valence-electron chi connectivity index (χ4n) is 1.43. The summed E-state index contributed by atoms with van der Waals surface area (Å²) in [7, 11) is 1.58. The molecule has 0 bridgehead atoms. The van der Waals surface area contributed by atoms with Gasteiger partial charge in [-0.1, -0.05) is 0 Å². The fraction of sp³-hybridized carbons (Fsp3) is 0.167. The molecule has 0 unspecified atom stereocenters. The standard InChI is InChI=1S/C12H9F4N3O/c1-17-11-18-5-4-10(19-11)20-7-2-3-9(13)8(6-7)12(14,15)16/h2-6H,1H3,(H,17,18,19). The molecule has 106 valence electrons. The molecule has 1 heterocycles. The van der Waals surface area contributed by atoms with Gasteiger partial charge in [0.05, 0.1) is 5.56 Å². The van der Waals surface area contributed by atoms with Gasteiger partial charge in [0.25, 0.3) is 0 Å². The molecule has 1 aromatic carbocycles. The molecule has 0 saturated heterocycles. The lowest BCUT2D eigenvalue weighted by molar-refractivity contribution is -0.140. The topological polar surface area (TPSA) is 47.0 Å². The lowest BCUT2D eigenvalue weighted by Gasteiger charge is -2.10. The molecule has 0 fully saturated rings. The van der Waals surface area contributed by atoms with Crippen LogP contribution in [0.1, 0.15) is 5.56 Å². The molecule has 0 saturated carbocycles. The van der Waals surface area contributed by atoms with E-state index in [0.29, 0.717) is 12.1 Å². The molecule has 0 atom stereocenters. The molecule has 0 aliphatic rings. The van der Waals surface area contributed by atoms with Crippen LogP contribution in [0.2, 0.25) is 0 Å². The molecular formula is C12H9F4N3O. The number of nitrogens with one attached hydrogen (secondary N) is 1. The highest BCUT2D eigenvalue weighted by Gasteiger charge is 2.34. The molecular weight excluding hydrogens is 278 g/mol. The van der Waals surface area contributed by atoms with E-state index in [4.69, 9.17) is 4.74 Å². The monoisotopic (exact) mass is 287 g/mol. The van der Waals surface area contributed by atoms with Gasteiger partial charge in [0.15, 0.2) is 0 Å². The third kappa shape index (κ3) is 3.14. The Morgan fingerprint density at radius 1 is 1.20 bits per heavy atom. The van der Waals surface area contributed by atoms with Crippen LogP contribution < -0.4 is 10.1 Å². The summed E-state index contributed by atoms with van der Waals surface area (Å²) < 4.78 is 55.9. The van der Waals surface area contributed by atoms with Crippen molar-refractivity contribution < 1.29 is 22.3 Å². The van der Waals surface area contributed by atoms with E-state index in [-0.39, 0.29) is 17.6 Å². The van der Waals surface area contributed by atoms with Gasteiger partial charge in [-0.2, -0.15) is 18.2 Å². The second-order valence-corrected chi connectivity index (χ2v) is 3.71. The minimum atomic E-state index is -4.79. The van der Waals surface area contributed by atoms with Gasteiger partial charge in [-0.05, 0) is 18.2 Å². The Hall–Kier alpha value is -2.38. The number of anilines is 1. The van der Waals surface area contributed by atoms with Crippen molar-refractivity contribution in [2.75, 3.05) is 12.4 Å². The molecule has 0 aliphatic heterocycles. The number of halogens is 4. The number of rotatable bonds is 3. The fourth-order valence-corrected chi connectivity index (χ4v) is 1.43. The average Bonchev–Trinajstić information content (AvgIpc) is 2.40. The van der Waals surface area contributed by atoms with E-state index in [2.05, 4.69) is 15.3 Å². The predicted octanol–water partition coefficient (Wildman–Crippen LogP) is 3.47. The van der Waals surface area contributed by atoms with Crippen LogP contribution >= 0.6 is 0 Å². The van der Waals surface area contributed by atoms with Crippen LogP contribution in [0.15, 0.2) is 30.5 Å². The maximum atomic E-state index is 13.1. The zero-order chi connectivity index (χ0) is 14.8. The Labute approximate surface area is 111 Å². The molecule has 0 spiro atoms. The highest BCUT2D eigenvalue weighted by atomic mass is 19.4. The summed E-state index contributed by atoms with van der Waals surface area (Å²) in [6.45, 7) is 0. The summed E-state index contributed by atoms with van der Waals surface area (Å²) in [5.41, 5.74) is -1.39. The van der Waals surface area contributed by atoms with Crippen molar-refractivity contribution in [1.29, 1.82) is 0 Å². The van der Waals surface area contributed by atoms with E-state index < -0.39 is 17.6 Å². The quantitative estimate of drug-likeness (QED) is 0.878. The van der Waals surface area contributed by atoms with Crippen LogP contribution in [-0.4, -0.2) is 17.0 Å². The molecule has 2 rings (SSSR count). The van der Waals surface area contributed by atoms with Crippen molar-refractivity contribution >= 4 is 5.95 Å². The Morgan fingerprint density at radius 3 is 2.60 bits per heavy atom. The average molecular weight is 287 g/mol. The molecule has 4 nitrogen and oxygen atoms in total. The summed E-state index contributed by atoms with van der Waals surface area (Å²) in [6, 6.07) is 3.73. The van der Waals surface area contributed by atoms with E-state index in [1.54, 1.807) is 7.05 Å². The summed E-state index contributed by atoms with van der Waals surface area (Å²) in [5, 5.41) is 2.66. The molecule has 1 N–H and O–H groups in total. The highest BCUT2D eigenvalue weighted by molar-refractivity contribution is 5.35. The maximum Gasteiger partial charge on any atom is 0.419 e. The third-order valence-electron chi connectivity index (χ3n) is 2.32. The number of benzene rings is 1.